The number of likely N-dealkylation sites (tertiary alicyclic amines) is 1. The minimum atomic E-state index is -1.14. The second-order valence-corrected chi connectivity index (χ2v) is 5.72. The van der Waals surface area contributed by atoms with Gasteiger partial charge in [0.1, 0.15) is 0 Å². The summed E-state index contributed by atoms with van der Waals surface area (Å²) >= 11 is 0. The van der Waals surface area contributed by atoms with Gasteiger partial charge in [-0.15, -0.1) is 10.2 Å². The lowest BCUT2D eigenvalue weighted by atomic mass is 9.93. The summed E-state index contributed by atoms with van der Waals surface area (Å²) in [6.07, 6.45) is 1.01. The van der Waals surface area contributed by atoms with E-state index < -0.39 is 5.60 Å². The van der Waals surface area contributed by atoms with Gasteiger partial charge in [-0.2, -0.15) is 10.1 Å². The van der Waals surface area contributed by atoms with E-state index in [-0.39, 0.29) is 0 Å². The molecule has 0 saturated carbocycles. The van der Waals surface area contributed by atoms with Gasteiger partial charge in [-0.25, -0.2) is 0 Å². The highest BCUT2D eigenvalue weighted by atomic mass is 16.3. The lowest BCUT2D eigenvalue weighted by molar-refractivity contribution is 0.0230. The lowest BCUT2D eigenvalue weighted by Gasteiger charge is -2.33. The van der Waals surface area contributed by atoms with Crippen LogP contribution in [0.2, 0.25) is 0 Å². The van der Waals surface area contributed by atoms with Crippen LogP contribution < -0.4 is 0 Å². The number of aliphatic hydroxyl groups is 1. The molecule has 2 heterocycles. The van der Waals surface area contributed by atoms with Crippen LogP contribution in [-0.4, -0.2) is 48.9 Å². The summed E-state index contributed by atoms with van der Waals surface area (Å²) in [5.74, 6) is 0.617. The van der Waals surface area contributed by atoms with Gasteiger partial charge in [0.05, 0.1) is 13.1 Å². The van der Waals surface area contributed by atoms with Crippen molar-refractivity contribution in [3.63, 3.8) is 0 Å². The number of rotatable bonds is 3. The summed E-state index contributed by atoms with van der Waals surface area (Å²) < 4.78 is 0. The molecule has 0 radical (unpaired) electrons. The first-order valence-electron chi connectivity index (χ1n) is 7.27. The Balaban J connectivity index is 1.62. The number of aromatic nitrogens is 4. The monoisotopic (exact) mass is 298 g/mol. The molecule has 0 spiro atoms. The Kier molecular flexibility index (Phi) is 3.88. The molecule has 7 nitrogen and oxygen atoms in total. The number of hydrogen-bond donors (Lipinski definition) is 1. The number of aryl methyl sites for hydroxylation is 1. The first-order chi connectivity index (χ1) is 10.6. The highest BCUT2D eigenvalue weighted by molar-refractivity contribution is 5.54. The van der Waals surface area contributed by atoms with Crippen molar-refractivity contribution in [3.8, 4) is 17.5 Å². The van der Waals surface area contributed by atoms with Crippen molar-refractivity contribution in [1.82, 2.24) is 25.1 Å². The SMILES string of the molecule is Cn1nnc(-c2ccc(CN3CCC(O)(C#N)CC3)cc2)n1. The van der Waals surface area contributed by atoms with Crippen molar-refractivity contribution in [1.29, 1.82) is 5.26 Å². The fourth-order valence-electron chi connectivity index (χ4n) is 2.61. The predicted molar refractivity (Wildman–Crippen MR) is 79.3 cm³/mol. The Bertz CT molecular complexity index is 679. The van der Waals surface area contributed by atoms with Gasteiger partial charge in [-0.1, -0.05) is 24.3 Å². The fourth-order valence-corrected chi connectivity index (χ4v) is 2.61. The highest BCUT2D eigenvalue weighted by Crippen LogP contribution is 2.23. The molecule has 1 saturated heterocycles. The Morgan fingerprint density at radius 1 is 1.27 bits per heavy atom. The number of nitrogens with zero attached hydrogens (tertiary/aromatic N) is 6. The highest BCUT2D eigenvalue weighted by Gasteiger charge is 2.31. The minimum Gasteiger partial charge on any atom is -0.375 e. The molecule has 1 aromatic heterocycles. The number of benzene rings is 1. The van der Waals surface area contributed by atoms with Crippen LogP contribution in [-0.2, 0) is 13.6 Å². The van der Waals surface area contributed by atoms with Crippen LogP contribution in [0.4, 0.5) is 0 Å². The van der Waals surface area contributed by atoms with E-state index in [0.29, 0.717) is 18.7 Å². The molecule has 3 rings (SSSR count). The zero-order valence-corrected chi connectivity index (χ0v) is 12.5. The van der Waals surface area contributed by atoms with Gasteiger partial charge in [0.25, 0.3) is 0 Å². The van der Waals surface area contributed by atoms with E-state index in [4.69, 9.17) is 5.26 Å². The van der Waals surface area contributed by atoms with Crippen LogP contribution in [0.3, 0.4) is 0 Å². The van der Waals surface area contributed by atoms with Crippen LogP contribution in [0, 0.1) is 11.3 Å². The summed E-state index contributed by atoms with van der Waals surface area (Å²) in [6.45, 7) is 2.28. The van der Waals surface area contributed by atoms with Crippen molar-refractivity contribution >= 4 is 0 Å². The van der Waals surface area contributed by atoms with E-state index in [2.05, 4.69) is 32.4 Å². The van der Waals surface area contributed by atoms with Crippen LogP contribution >= 0.6 is 0 Å². The second kappa shape index (κ2) is 5.83. The van der Waals surface area contributed by atoms with Crippen LogP contribution in [0.1, 0.15) is 18.4 Å². The Morgan fingerprint density at radius 2 is 1.95 bits per heavy atom. The normalized spacial score (nSPS) is 18.0. The van der Waals surface area contributed by atoms with E-state index in [0.717, 1.165) is 25.2 Å². The van der Waals surface area contributed by atoms with Gasteiger partial charge in [0, 0.05) is 38.0 Å². The number of piperidine rings is 1. The lowest BCUT2D eigenvalue weighted by Crippen LogP contribution is -2.43. The van der Waals surface area contributed by atoms with Gasteiger partial charge in [0.15, 0.2) is 5.60 Å². The quantitative estimate of drug-likeness (QED) is 0.840. The Morgan fingerprint density at radius 3 is 2.50 bits per heavy atom. The van der Waals surface area contributed by atoms with E-state index in [1.54, 1.807) is 7.05 Å². The molecule has 0 unspecified atom stereocenters. The van der Waals surface area contributed by atoms with Gasteiger partial charge in [-0.3, -0.25) is 4.90 Å². The maximum atomic E-state index is 9.92. The maximum Gasteiger partial charge on any atom is 0.204 e. The molecule has 0 atom stereocenters. The maximum absolute atomic E-state index is 9.92. The number of nitriles is 1. The molecular weight excluding hydrogens is 280 g/mol. The number of tetrazole rings is 1. The zero-order valence-electron chi connectivity index (χ0n) is 12.5. The minimum absolute atomic E-state index is 0.505. The largest absolute Gasteiger partial charge is 0.375 e. The predicted octanol–water partition coefficient (Wildman–Crippen LogP) is 0.728. The molecule has 7 heteroatoms. The zero-order chi connectivity index (χ0) is 15.6. The third-order valence-electron chi connectivity index (χ3n) is 4.02. The van der Waals surface area contributed by atoms with Crippen molar-refractivity contribution in [2.24, 2.45) is 7.05 Å². The summed E-state index contributed by atoms with van der Waals surface area (Å²) in [4.78, 5) is 3.69. The molecule has 1 aromatic carbocycles. The van der Waals surface area contributed by atoms with Crippen LogP contribution in [0.25, 0.3) is 11.4 Å². The molecule has 1 aliphatic rings. The van der Waals surface area contributed by atoms with E-state index in [1.165, 1.54) is 10.4 Å². The van der Waals surface area contributed by atoms with Gasteiger partial charge in [0.2, 0.25) is 5.82 Å². The molecule has 1 N–H and O–H groups in total. The molecule has 114 valence electrons. The fraction of sp³-hybridized carbons (Fsp3) is 0.467. The average molecular weight is 298 g/mol. The second-order valence-electron chi connectivity index (χ2n) is 5.72. The van der Waals surface area contributed by atoms with Crippen molar-refractivity contribution in [2.45, 2.75) is 25.0 Å². The van der Waals surface area contributed by atoms with Crippen molar-refractivity contribution in [3.05, 3.63) is 29.8 Å². The van der Waals surface area contributed by atoms with Crippen LogP contribution in [0.15, 0.2) is 24.3 Å². The van der Waals surface area contributed by atoms with Gasteiger partial charge in [-0.05, 0) is 10.8 Å². The Hall–Kier alpha value is -2.30. The molecule has 22 heavy (non-hydrogen) atoms. The first-order valence-corrected chi connectivity index (χ1v) is 7.27. The third kappa shape index (κ3) is 3.13. The topological polar surface area (TPSA) is 90.9 Å². The Labute approximate surface area is 128 Å². The summed E-state index contributed by atoms with van der Waals surface area (Å²) in [5.41, 5.74) is 0.988. The average Bonchev–Trinajstić information content (AvgIpc) is 2.97. The van der Waals surface area contributed by atoms with Crippen molar-refractivity contribution < 1.29 is 5.11 Å². The standard InChI is InChI=1S/C15H18N6O/c1-20-18-14(17-19-20)13-4-2-12(3-5-13)10-21-8-6-15(22,11-16)7-9-21/h2-5,22H,6-10H2,1H3. The van der Waals surface area contributed by atoms with E-state index in [9.17, 15) is 5.11 Å². The third-order valence-corrected chi connectivity index (χ3v) is 4.02. The molecule has 0 aliphatic carbocycles. The van der Waals surface area contributed by atoms with Crippen LogP contribution in [0.5, 0.6) is 0 Å². The summed E-state index contributed by atoms with van der Waals surface area (Å²) in [7, 11) is 1.74. The summed E-state index contributed by atoms with van der Waals surface area (Å²) in [6, 6.07) is 10.1. The molecule has 0 amide bonds. The molecule has 2 aromatic rings. The van der Waals surface area contributed by atoms with E-state index >= 15 is 0 Å². The van der Waals surface area contributed by atoms with Gasteiger partial charge >= 0.3 is 0 Å². The summed E-state index contributed by atoms with van der Waals surface area (Å²) in [5, 5.41) is 30.8. The molecule has 1 aliphatic heterocycles. The molecule has 0 bridgehead atoms. The molecule has 1 fully saturated rings. The number of hydrogen-bond acceptors (Lipinski definition) is 6. The van der Waals surface area contributed by atoms with Gasteiger partial charge < -0.3 is 5.11 Å². The smallest absolute Gasteiger partial charge is 0.204 e. The first kappa shape index (κ1) is 14.6. The van der Waals surface area contributed by atoms with E-state index in [1.807, 2.05) is 18.2 Å². The van der Waals surface area contributed by atoms with Crippen molar-refractivity contribution in [2.75, 3.05) is 13.1 Å². The molecular formula is C15H18N6O.